The molecule has 2 heterocycles. The molecule has 0 amide bonds. The summed E-state index contributed by atoms with van der Waals surface area (Å²) in [7, 11) is 1.72. The Balaban J connectivity index is 0.000000441. The number of ketones is 1. The van der Waals surface area contributed by atoms with E-state index in [4.69, 9.17) is 14.2 Å². The topological polar surface area (TPSA) is 65.0 Å². The molecule has 376 valence electrons. The van der Waals surface area contributed by atoms with Crippen molar-refractivity contribution in [2.24, 2.45) is 35.5 Å². The molecule has 1 saturated heterocycles. The average Bonchev–Trinajstić information content (AvgIpc) is 3.23. The Morgan fingerprint density at radius 3 is 1.43 bits per heavy atom. The first-order valence-corrected chi connectivity index (χ1v) is 26.7. The van der Waals surface area contributed by atoms with Crippen LogP contribution >= 0.6 is 0 Å². The second-order valence-electron chi connectivity index (χ2n) is 23.4. The molecule has 1 aromatic rings. The lowest BCUT2D eigenvalue weighted by Gasteiger charge is -2.50. The van der Waals surface area contributed by atoms with Gasteiger partial charge in [-0.1, -0.05) is 159 Å². The molecule has 3 aliphatic rings. The molecular weight excluding hydrogens is 801 g/mol. The van der Waals surface area contributed by atoms with E-state index in [0.717, 1.165) is 119 Å². The number of aromatic hydroxyl groups is 1. The van der Waals surface area contributed by atoms with Crippen LogP contribution in [0.15, 0.2) is 22.3 Å². The van der Waals surface area contributed by atoms with Gasteiger partial charge in [-0.3, -0.25) is 4.79 Å². The molecule has 1 aromatic carbocycles. The van der Waals surface area contributed by atoms with Gasteiger partial charge >= 0.3 is 0 Å². The molecule has 4 rings (SSSR count). The molecule has 5 heteroatoms. The molecule has 65 heavy (non-hydrogen) atoms. The summed E-state index contributed by atoms with van der Waals surface area (Å²) in [6, 6.07) is 0. The number of phenolic OH excluding ortho intramolecular Hbond substituents is 1. The first kappa shape index (κ1) is 59.0. The lowest BCUT2D eigenvalue weighted by atomic mass is 9.75. The van der Waals surface area contributed by atoms with Crippen molar-refractivity contribution in [2.75, 3.05) is 7.11 Å². The van der Waals surface area contributed by atoms with Crippen LogP contribution in [0.1, 0.15) is 255 Å². The van der Waals surface area contributed by atoms with Crippen LogP contribution in [0, 0.1) is 56.3 Å². The largest absolute Gasteiger partial charge is 0.507 e. The smallest absolute Gasteiger partial charge is 0.215 e. The second kappa shape index (κ2) is 27.2. The molecule has 0 bridgehead atoms. The first-order valence-electron chi connectivity index (χ1n) is 26.7. The number of methoxy groups -OCH3 is 1. The zero-order valence-corrected chi connectivity index (χ0v) is 45.1. The number of Topliss-reactive ketones (excluding diaryl/α,β-unsaturated/α-hetero) is 1. The molecule has 2 aliphatic heterocycles. The number of ether oxygens (including phenoxy) is 3. The third-order valence-electron chi connectivity index (χ3n) is 16.3. The van der Waals surface area contributed by atoms with Gasteiger partial charge in [0, 0.05) is 29.4 Å². The summed E-state index contributed by atoms with van der Waals surface area (Å²) in [6.45, 7) is 35.5. The van der Waals surface area contributed by atoms with Crippen LogP contribution in [-0.2, 0) is 20.7 Å². The Labute approximate surface area is 403 Å². The van der Waals surface area contributed by atoms with Crippen molar-refractivity contribution in [3.05, 3.63) is 44.5 Å². The Kier molecular flexibility index (Phi) is 24.7. The highest BCUT2D eigenvalue weighted by Gasteiger charge is 2.52. The summed E-state index contributed by atoms with van der Waals surface area (Å²) < 4.78 is 19.4. The van der Waals surface area contributed by atoms with Gasteiger partial charge in [0.2, 0.25) is 5.79 Å². The molecular formula is C60H106O5. The lowest BCUT2D eigenvalue weighted by molar-refractivity contribution is -0.253. The van der Waals surface area contributed by atoms with Gasteiger partial charge in [-0.2, -0.15) is 0 Å². The van der Waals surface area contributed by atoms with Crippen LogP contribution in [0.5, 0.6) is 11.5 Å². The number of fused-ring (bicyclic) bond motifs is 2. The molecule has 1 fully saturated rings. The van der Waals surface area contributed by atoms with E-state index in [-0.39, 0.29) is 24.4 Å². The minimum absolute atomic E-state index is 0. The van der Waals surface area contributed by atoms with Crippen LogP contribution in [0.3, 0.4) is 0 Å². The molecule has 1 unspecified atom stereocenters. The van der Waals surface area contributed by atoms with Crippen LogP contribution in [0.25, 0.3) is 0 Å². The quantitative estimate of drug-likeness (QED) is 0.106. The SMILES string of the molecule is C.COC12O[C@](C)(CCC[C@H](C)CCC[C@H](C)CCCC(C)C)CCC1=C(C)C(=O)C(C)=C2C.Cc1c(C)c2c(c(C)c1O)CC[C@@](C)(CCC[C@H](C)CCC[C@H](C)CCCC(C)C)O2. The number of benzene rings is 1. The number of hydrogen-bond donors (Lipinski definition) is 1. The van der Waals surface area contributed by atoms with Gasteiger partial charge in [0.1, 0.15) is 17.1 Å². The zero-order valence-electron chi connectivity index (χ0n) is 45.1. The predicted molar refractivity (Wildman–Crippen MR) is 280 cm³/mol. The summed E-state index contributed by atoms with van der Waals surface area (Å²) in [5.41, 5.74) is 7.56. The molecule has 0 radical (unpaired) electrons. The summed E-state index contributed by atoms with van der Waals surface area (Å²) >= 11 is 0. The summed E-state index contributed by atoms with van der Waals surface area (Å²) in [6.07, 6.45) is 27.6. The van der Waals surface area contributed by atoms with Gasteiger partial charge in [-0.25, -0.2) is 0 Å². The highest BCUT2D eigenvalue weighted by Crippen LogP contribution is 2.50. The van der Waals surface area contributed by atoms with E-state index in [0.29, 0.717) is 5.75 Å². The van der Waals surface area contributed by atoms with Crippen molar-refractivity contribution in [3.63, 3.8) is 0 Å². The summed E-state index contributed by atoms with van der Waals surface area (Å²) in [5, 5.41) is 10.4. The molecule has 0 spiro atoms. The van der Waals surface area contributed by atoms with Crippen LogP contribution < -0.4 is 4.74 Å². The molecule has 1 aliphatic carbocycles. The van der Waals surface area contributed by atoms with Crippen LogP contribution in [0.4, 0.5) is 0 Å². The molecule has 1 N–H and O–H groups in total. The number of allylic oxidation sites excluding steroid dienone is 2. The summed E-state index contributed by atoms with van der Waals surface area (Å²) in [4.78, 5) is 12.6. The van der Waals surface area contributed by atoms with E-state index in [1.807, 2.05) is 34.6 Å². The van der Waals surface area contributed by atoms with E-state index in [1.54, 1.807) is 7.11 Å². The first-order chi connectivity index (χ1) is 30.0. The Hall–Kier alpha value is -2.11. The average molecular weight is 908 g/mol. The maximum absolute atomic E-state index is 12.6. The normalized spacial score (nSPS) is 23.9. The fourth-order valence-corrected chi connectivity index (χ4v) is 11.2. The van der Waals surface area contributed by atoms with Crippen molar-refractivity contribution in [1.29, 1.82) is 0 Å². The monoisotopic (exact) mass is 907 g/mol. The molecule has 0 aromatic heterocycles. The van der Waals surface area contributed by atoms with Gasteiger partial charge < -0.3 is 19.3 Å². The van der Waals surface area contributed by atoms with E-state index >= 15 is 0 Å². The molecule has 7 atom stereocenters. The fourth-order valence-electron chi connectivity index (χ4n) is 11.2. The van der Waals surface area contributed by atoms with E-state index < -0.39 is 5.79 Å². The predicted octanol–water partition coefficient (Wildman–Crippen LogP) is 18.0. The highest BCUT2D eigenvalue weighted by molar-refractivity contribution is 6.10. The maximum Gasteiger partial charge on any atom is 0.215 e. The van der Waals surface area contributed by atoms with Gasteiger partial charge in [-0.05, 0) is 158 Å². The van der Waals surface area contributed by atoms with E-state index in [1.165, 1.54) is 108 Å². The number of carbonyl (C=O) groups excluding carboxylic acids is 1. The summed E-state index contributed by atoms with van der Waals surface area (Å²) in [5.74, 6) is 5.79. The van der Waals surface area contributed by atoms with Crippen molar-refractivity contribution in [3.8, 4) is 11.5 Å². The maximum atomic E-state index is 12.6. The highest BCUT2D eigenvalue weighted by atomic mass is 16.7. The Morgan fingerprint density at radius 2 is 0.985 bits per heavy atom. The van der Waals surface area contributed by atoms with Crippen LogP contribution in [0.2, 0.25) is 0 Å². The van der Waals surface area contributed by atoms with Gasteiger partial charge in [-0.15, -0.1) is 0 Å². The minimum Gasteiger partial charge on any atom is -0.507 e. The van der Waals surface area contributed by atoms with Crippen LogP contribution in [-0.4, -0.2) is 35.0 Å². The number of phenols is 1. The van der Waals surface area contributed by atoms with Crippen molar-refractivity contribution >= 4 is 5.78 Å². The van der Waals surface area contributed by atoms with Crippen molar-refractivity contribution in [2.45, 2.75) is 276 Å². The second-order valence-corrected chi connectivity index (χ2v) is 23.4. The zero-order chi connectivity index (χ0) is 48.0. The Bertz CT molecular complexity index is 1680. The minimum atomic E-state index is -0.855. The van der Waals surface area contributed by atoms with E-state index in [2.05, 4.69) is 76.2 Å². The standard InChI is InChI=1S/C30H52O3.C29H50O2.CH4/c1-21(2)13-10-14-22(3)15-11-16-23(4)17-12-19-29(8)20-18-27-25(6)28(31)24(5)26(7)30(27,32-9)33-29;1-20(2)12-9-13-21(3)14-10-15-22(4)16-11-18-29(8)19-17-26-25(7)27(30)23(5)24(6)28(26)31-29;/h21-23H,10-20H2,1-9H3;20-22,30H,9-19H2,1-8H3;1H4/t22-,23-,29-,30?;21-,22-,29-;/m11./s1. The number of carbonyl (C=O) groups is 1. The number of rotatable bonds is 25. The van der Waals surface area contributed by atoms with E-state index in [9.17, 15) is 9.90 Å². The van der Waals surface area contributed by atoms with Crippen molar-refractivity contribution in [1.82, 2.24) is 0 Å². The Morgan fingerprint density at radius 1 is 0.569 bits per heavy atom. The van der Waals surface area contributed by atoms with Crippen molar-refractivity contribution < 1.29 is 24.1 Å². The van der Waals surface area contributed by atoms with Gasteiger partial charge in [0.05, 0.1) is 5.60 Å². The van der Waals surface area contributed by atoms with Gasteiger partial charge in [0.15, 0.2) is 5.78 Å². The third-order valence-corrected chi connectivity index (χ3v) is 16.3. The lowest BCUT2D eigenvalue weighted by Crippen LogP contribution is -2.53. The fraction of sp³-hybridized carbons (Fsp3) is 0.817. The van der Waals surface area contributed by atoms with Gasteiger partial charge in [0.25, 0.3) is 0 Å². The number of hydrogen-bond acceptors (Lipinski definition) is 5. The third kappa shape index (κ3) is 17.1. The molecule has 0 saturated carbocycles. The molecule has 5 nitrogen and oxygen atoms in total.